The number of thiocarbonyl (C=S) groups is 1. The van der Waals surface area contributed by atoms with Gasteiger partial charge in [0.1, 0.15) is 21.8 Å². The minimum absolute atomic E-state index is 0.0152. The molecule has 0 N–H and O–H groups in total. The van der Waals surface area contributed by atoms with Crippen molar-refractivity contribution < 1.29 is 9.53 Å². The van der Waals surface area contributed by atoms with Crippen LogP contribution in [0.2, 0.25) is 0 Å². The second-order valence-electron chi connectivity index (χ2n) is 8.07. The maximum Gasteiger partial charge on any atom is 0.270 e. The van der Waals surface area contributed by atoms with E-state index in [0.717, 1.165) is 30.6 Å². The van der Waals surface area contributed by atoms with Crippen LogP contribution in [0.4, 0.5) is 5.82 Å². The highest BCUT2D eigenvalue weighted by atomic mass is 32.2. The van der Waals surface area contributed by atoms with Gasteiger partial charge in [-0.25, -0.2) is 0 Å². The Balaban J connectivity index is 2.23. The number of unbranched alkanes of at least 4 members (excludes halogenated alkanes) is 1. The monoisotopic (exact) mass is 474 g/mol. The van der Waals surface area contributed by atoms with Crippen molar-refractivity contribution in [2.75, 3.05) is 31.2 Å². The van der Waals surface area contributed by atoms with Crippen LogP contribution in [-0.4, -0.2) is 52.0 Å². The van der Waals surface area contributed by atoms with E-state index >= 15 is 0 Å². The number of hydrogen-bond acceptors (Lipinski definition) is 7. The molecule has 9 heteroatoms. The van der Waals surface area contributed by atoms with Gasteiger partial charge >= 0.3 is 0 Å². The molecule has 2 fully saturated rings. The number of ether oxygens (including phenoxy) is 1. The molecule has 172 valence electrons. The van der Waals surface area contributed by atoms with Gasteiger partial charge in [-0.2, -0.15) is 5.26 Å². The molecule has 1 atom stereocenters. The van der Waals surface area contributed by atoms with E-state index in [-0.39, 0.29) is 23.1 Å². The van der Waals surface area contributed by atoms with Crippen molar-refractivity contribution in [3.05, 3.63) is 31.9 Å². The van der Waals surface area contributed by atoms with Crippen molar-refractivity contribution in [2.24, 2.45) is 0 Å². The number of anilines is 1. The van der Waals surface area contributed by atoms with Gasteiger partial charge in [0.25, 0.3) is 11.5 Å². The predicted octanol–water partition coefficient (Wildman–Crippen LogP) is 3.66. The average Bonchev–Trinajstić information content (AvgIpc) is 3.07. The highest BCUT2D eigenvalue weighted by Crippen LogP contribution is 2.37. The molecular weight excluding hydrogens is 444 g/mol. The lowest BCUT2D eigenvalue weighted by molar-refractivity contribution is -0.123. The molecule has 3 rings (SSSR count). The Kier molecular flexibility index (Phi) is 8.15. The molecule has 0 saturated carbocycles. The van der Waals surface area contributed by atoms with Crippen LogP contribution >= 0.6 is 24.0 Å². The molecule has 1 amide bonds. The molecule has 2 saturated heterocycles. The summed E-state index contributed by atoms with van der Waals surface area (Å²) in [5.74, 6) is 0.642. The summed E-state index contributed by atoms with van der Waals surface area (Å²) in [6, 6.07) is 2.11. The Labute approximate surface area is 199 Å². The molecule has 1 unspecified atom stereocenters. The fourth-order valence-corrected chi connectivity index (χ4v) is 5.40. The minimum Gasteiger partial charge on any atom is -0.378 e. The van der Waals surface area contributed by atoms with Gasteiger partial charge in [0.2, 0.25) is 0 Å². The first kappa shape index (κ1) is 24.5. The zero-order chi connectivity index (χ0) is 23.4. The summed E-state index contributed by atoms with van der Waals surface area (Å²) in [6.45, 7) is 10.8. The Bertz CT molecular complexity index is 1040. The van der Waals surface area contributed by atoms with Crippen LogP contribution in [0.1, 0.15) is 56.7 Å². The highest BCUT2D eigenvalue weighted by molar-refractivity contribution is 8.26. The van der Waals surface area contributed by atoms with Crippen LogP contribution in [0.5, 0.6) is 0 Å². The van der Waals surface area contributed by atoms with Crippen LogP contribution in [-0.2, 0) is 16.1 Å². The van der Waals surface area contributed by atoms with Gasteiger partial charge in [0.05, 0.1) is 18.1 Å². The molecular formula is C23H30N4O3S2. The fraction of sp³-hybridized carbons (Fsp3) is 0.565. The van der Waals surface area contributed by atoms with Gasteiger partial charge in [-0.3, -0.25) is 19.1 Å². The molecule has 1 aromatic heterocycles. The van der Waals surface area contributed by atoms with Crippen molar-refractivity contribution in [1.82, 2.24) is 9.47 Å². The van der Waals surface area contributed by atoms with Crippen molar-refractivity contribution in [2.45, 2.75) is 59.5 Å². The summed E-state index contributed by atoms with van der Waals surface area (Å²) in [5.41, 5.74) is 1.19. The number of carbonyl (C=O) groups is 1. The summed E-state index contributed by atoms with van der Waals surface area (Å²) < 4.78 is 7.78. The molecule has 0 radical (unpaired) electrons. The first-order chi connectivity index (χ1) is 15.3. The molecule has 0 bridgehead atoms. The molecule has 0 aromatic carbocycles. The van der Waals surface area contributed by atoms with Crippen molar-refractivity contribution in [3.63, 3.8) is 0 Å². The molecule has 0 aliphatic carbocycles. The maximum atomic E-state index is 13.2. The fourth-order valence-electron chi connectivity index (χ4n) is 3.96. The minimum atomic E-state index is -0.274. The molecule has 1 aromatic rings. The van der Waals surface area contributed by atoms with E-state index in [2.05, 4.69) is 17.9 Å². The summed E-state index contributed by atoms with van der Waals surface area (Å²) in [7, 11) is 0. The number of thioether (sulfide) groups is 1. The number of nitriles is 1. The normalized spacial score (nSPS) is 19.0. The van der Waals surface area contributed by atoms with Gasteiger partial charge in [-0.05, 0) is 38.3 Å². The number of nitrogens with zero attached hydrogens (tertiary/aromatic N) is 4. The lowest BCUT2D eigenvalue weighted by Crippen LogP contribution is -2.41. The number of pyridine rings is 1. The van der Waals surface area contributed by atoms with Gasteiger partial charge in [0.15, 0.2) is 0 Å². The van der Waals surface area contributed by atoms with E-state index in [1.807, 2.05) is 19.9 Å². The summed E-state index contributed by atoms with van der Waals surface area (Å²) in [4.78, 5) is 30.7. The standard InChI is InChI=1S/C23H30N4O3S2/c1-5-7-8-26-20(25-9-11-30-12-10-25)17(16(4)18(14-24)21(26)28)13-19-22(29)27(15(3)6-2)23(31)32-19/h13,15H,5-12H2,1-4H3/b19-13-. The van der Waals surface area contributed by atoms with Gasteiger partial charge in [0, 0.05) is 31.2 Å². The summed E-state index contributed by atoms with van der Waals surface area (Å²) in [5, 5.41) is 9.76. The lowest BCUT2D eigenvalue weighted by atomic mass is 10.0. The molecule has 32 heavy (non-hydrogen) atoms. The average molecular weight is 475 g/mol. The van der Waals surface area contributed by atoms with E-state index < -0.39 is 0 Å². The Morgan fingerprint density at radius 3 is 2.56 bits per heavy atom. The Morgan fingerprint density at radius 2 is 1.97 bits per heavy atom. The molecule has 3 heterocycles. The van der Waals surface area contributed by atoms with Crippen LogP contribution in [0.3, 0.4) is 0 Å². The number of morpholine rings is 1. The van der Waals surface area contributed by atoms with E-state index in [1.165, 1.54) is 11.8 Å². The number of carbonyl (C=O) groups excluding carboxylic acids is 1. The van der Waals surface area contributed by atoms with Crippen LogP contribution < -0.4 is 10.5 Å². The topological polar surface area (TPSA) is 78.6 Å². The molecule has 2 aliphatic heterocycles. The smallest absolute Gasteiger partial charge is 0.270 e. The molecule has 2 aliphatic rings. The number of hydrogen-bond donors (Lipinski definition) is 0. The SMILES string of the molecule is CCCCn1c(N2CCOCC2)c(/C=C2\SC(=S)N(C(C)CC)C2=O)c(C)c(C#N)c1=O. The predicted molar refractivity (Wildman–Crippen MR) is 133 cm³/mol. The van der Waals surface area contributed by atoms with Crippen LogP contribution in [0.15, 0.2) is 9.70 Å². The van der Waals surface area contributed by atoms with Crippen molar-refractivity contribution >= 4 is 46.1 Å². The first-order valence-corrected chi connectivity index (χ1v) is 12.3. The van der Waals surface area contributed by atoms with Gasteiger partial charge < -0.3 is 9.64 Å². The molecule has 0 spiro atoms. The third kappa shape index (κ3) is 4.63. The highest BCUT2D eigenvalue weighted by Gasteiger charge is 2.35. The van der Waals surface area contributed by atoms with Gasteiger partial charge in [-0.1, -0.05) is 44.2 Å². The van der Waals surface area contributed by atoms with E-state index in [9.17, 15) is 14.9 Å². The largest absolute Gasteiger partial charge is 0.378 e. The Morgan fingerprint density at radius 1 is 1.28 bits per heavy atom. The summed E-state index contributed by atoms with van der Waals surface area (Å²) in [6.07, 6.45) is 4.37. The van der Waals surface area contributed by atoms with Crippen LogP contribution in [0, 0.1) is 18.3 Å². The second kappa shape index (κ2) is 10.6. The maximum absolute atomic E-state index is 13.2. The van der Waals surface area contributed by atoms with Gasteiger partial charge in [-0.15, -0.1) is 0 Å². The van der Waals surface area contributed by atoms with Crippen LogP contribution in [0.25, 0.3) is 6.08 Å². The number of rotatable bonds is 7. The number of aromatic nitrogens is 1. The zero-order valence-electron chi connectivity index (χ0n) is 19.1. The molecule has 7 nitrogen and oxygen atoms in total. The third-order valence-electron chi connectivity index (χ3n) is 6.02. The third-order valence-corrected chi connectivity index (χ3v) is 7.35. The van der Waals surface area contributed by atoms with E-state index in [0.29, 0.717) is 47.6 Å². The lowest BCUT2D eigenvalue weighted by Gasteiger charge is -2.33. The van der Waals surface area contributed by atoms with Crippen molar-refractivity contribution in [3.8, 4) is 6.07 Å². The second-order valence-corrected chi connectivity index (χ2v) is 9.74. The van der Waals surface area contributed by atoms with E-state index in [4.69, 9.17) is 17.0 Å². The quantitative estimate of drug-likeness (QED) is 0.441. The summed E-state index contributed by atoms with van der Waals surface area (Å²) >= 11 is 6.77. The Hall–Kier alpha value is -2.15. The zero-order valence-corrected chi connectivity index (χ0v) is 20.8. The van der Waals surface area contributed by atoms with Crippen molar-refractivity contribution in [1.29, 1.82) is 5.26 Å². The first-order valence-electron chi connectivity index (χ1n) is 11.1. The van der Waals surface area contributed by atoms with E-state index in [1.54, 1.807) is 16.4 Å². The number of amides is 1.